The van der Waals surface area contributed by atoms with E-state index in [0.717, 1.165) is 11.9 Å². The third-order valence-corrected chi connectivity index (χ3v) is 3.81. The number of nitrogens with one attached hydrogen (secondary N) is 1. The molecule has 1 atom stereocenters. The lowest BCUT2D eigenvalue weighted by Crippen LogP contribution is -2.37. The van der Waals surface area contributed by atoms with E-state index in [1.807, 2.05) is 19.0 Å². The minimum Gasteiger partial charge on any atom is -0.397 e. The van der Waals surface area contributed by atoms with Crippen LogP contribution in [0.2, 0.25) is 0 Å². The van der Waals surface area contributed by atoms with Gasteiger partial charge in [0, 0.05) is 32.0 Å². The number of carbonyl (C=O) groups excluding carboxylic acids is 1. The second-order valence-electron chi connectivity index (χ2n) is 5.13. The predicted molar refractivity (Wildman–Crippen MR) is 81.8 cm³/mol. The van der Waals surface area contributed by atoms with Gasteiger partial charge in [0.05, 0.1) is 17.1 Å². The summed E-state index contributed by atoms with van der Waals surface area (Å²) in [6, 6.07) is 4.55. The van der Waals surface area contributed by atoms with Crippen molar-refractivity contribution in [2.45, 2.75) is 13.0 Å². The summed E-state index contributed by atoms with van der Waals surface area (Å²) in [6.45, 7) is 1.65. The number of benzene rings is 1. The average Bonchev–Trinajstić information content (AvgIpc) is 2.25. The van der Waals surface area contributed by atoms with Crippen LogP contribution in [0.1, 0.15) is 17.3 Å². The van der Waals surface area contributed by atoms with E-state index in [9.17, 15) is 13.2 Å². The third kappa shape index (κ3) is 4.73. The van der Waals surface area contributed by atoms with Gasteiger partial charge in [0.2, 0.25) is 0 Å². The van der Waals surface area contributed by atoms with Crippen LogP contribution >= 0.6 is 0 Å². The van der Waals surface area contributed by atoms with Gasteiger partial charge in [-0.3, -0.25) is 4.79 Å². The Balaban J connectivity index is 2.81. The molecule has 6 nitrogen and oxygen atoms in total. The van der Waals surface area contributed by atoms with Gasteiger partial charge in [-0.1, -0.05) is 0 Å². The minimum atomic E-state index is -3.12. The second kappa shape index (κ2) is 6.13. The summed E-state index contributed by atoms with van der Waals surface area (Å²) < 4.78 is 22.3. The molecule has 1 amide bonds. The molecule has 3 N–H and O–H groups in total. The number of amides is 1. The summed E-state index contributed by atoms with van der Waals surface area (Å²) in [5.74, 6) is -0.428. The Morgan fingerprint density at radius 2 is 2.00 bits per heavy atom. The first-order valence-corrected chi connectivity index (χ1v) is 8.21. The zero-order valence-corrected chi connectivity index (χ0v) is 13.0. The van der Waals surface area contributed by atoms with Crippen molar-refractivity contribution in [2.24, 2.45) is 0 Å². The third-order valence-electron chi connectivity index (χ3n) is 2.70. The number of hydrogen-bond acceptors (Lipinski definition) is 5. The van der Waals surface area contributed by atoms with Crippen LogP contribution < -0.4 is 16.0 Å². The molecule has 1 aromatic rings. The first kappa shape index (κ1) is 16.3. The lowest BCUT2D eigenvalue weighted by molar-refractivity contribution is 0.0943. The predicted octanol–water partition coefficient (Wildman–Crippen LogP) is 0.498. The first-order chi connectivity index (χ1) is 9.10. The number of hydrogen-bond donors (Lipinski definition) is 2. The summed E-state index contributed by atoms with van der Waals surface area (Å²) in [7, 11) is 0.598. The Morgan fingerprint density at radius 1 is 1.40 bits per heavy atom. The fourth-order valence-electron chi connectivity index (χ4n) is 1.91. The molecule has 0 heterocycles. The molecule has 0 aliphatic carbocycles. The highest BCUT2D eigenvalue weighted by Gasteiger charge is 2.15. The maximum absolute atomic E-state index is 12.0. The molecule has 0 saturated carbocycles. The molecule has 20 heavy (non-hydrogen) atoms. The number of nitrogens with two attached hydrogens (primary N) is 1. The number of nitrogens with zero attached hydrogens (tertiary/aromatic N) is 1. The maximum atomic E-state index is 12.0. The molecule has 0 aliphatic heterocycles. The lowest BCUT2D eigenvalue weighted by Gasteiger charge is -2.17. The Kier molecular flexibility index (Phi) is 4.99. The molecular weight excluding hydrogens is 278 g/mol. The van der Waals surface area contributed by atoms with Gasteiger partial charge >= 0.3 is 0 Å². The van der Waals surface area contributed by atoms with Gasteiger partial charge < -0.3 is 16.0 Å². The topological polar surface area (TPSA) is 92.5 Å². The standard InChI is InChI=1S/C13H21N3O3S/c1-9(8-20(4,18)19)15-13(17)10-5-6-12(16(2)3)11(14)7-10/h5-7,9H,8,14H2,1-4H3,(H,15,17). The number of sulfone groups is 1. The minimum absolute atomic E-state index is 0.0933. The Bertz CT molecular complexity index is 597. The van der Waals surface area contributed by atoms with Gasteiger partial charge in [0.25, 0.3) is 5.91 Å². The van der Waals surface area contributed by atoms with Crippen molar-refractivity contribution in [3.63, 3.8) is 0 Å². The molecule has 0 radical (unpaired) electrons. The number of carbonyl (C=O) groups is 1. The van der Waals surface area contributed by atoms with E-state index in [4.69, 9.17) is 5.73 Å². The molecule has 0 spiro atoms. The Morgan fingerprint density at radius 3 is 2.45 bits per heavy atom. The summed E-state index contributed by atoms with van der Waals surface area (Å²) in [5, 5.41) is 2.64. The van der Waals surface area contributed by atoms with Crippen LogP contribution in [-0.2, 0) is 9.84 Å². The van der Waals surface area contributed by atoms with Gasteiger partial charge in [0.15, 0.2) is 0 Å². The van der Waals surface area contributed by atoms with Crippen LogP contribution in [-0.4, -0.2) is 46.5 Å². The average molecular weight is 299 g/mol. The Hall–Kier alpha value is -1.76. The van der Waals surface area contributed by atoms with E-state index >= 15 is 0 Å². The fraction of sp³-hybridized carbons (Fsp3) is 0.462. The zero-order chi connectivity index (χ0) is 15.5. The lowest BCUT2D eigenvalue weighted by atomic mass is 10.1. The van der Waals surface area contributed by atoms with Crippen molar-refractivity contribution in [1.29, 1.82) is 0 Å². The summed E-state index contributed by atoms with van der Waals surface area (Å²) >= 11 is 0. The Labute approximate surface area is 119 Å². The van der Waals surface area contributed by atoms with Gasteiger partial charge in [-0.05, 0) is 25.1 Å². The zero-order valence-electron chi connectivity index (χ0n) is 12.2. The number of nitrogen functional groups attached to an aromatic ring is 1. The van der Waals surface area contributed by atoms with Crippen molar-refractivity contribution in [3.05, 3.63) is 23.8 Å². The summed E-state index contributed by atoms with van der Waals surface area (Å²) in [6.07, 6.45) is 1.14. The number of anilines is 2. The molecule has 0 bridgehead atoms. The largest absolute Gasteiger partial charge is 0.397 e. The van der Waals surface area contributed by atoms with Crippen LogP contribution in [0, 0.1) is 0 Å². The van der Waals surface area contributed by atoms with E-state index < -0.39 is 15.9 Å². The normalized spacial score (nSPS) is 12.8. The van der Waals surface area contributed by atoms with Crippen molar-refractivity contribution in [2.75, 3.05) is 36.7 Å². The van der Waals surface area contributed by atoms with Gasteiger partial charge in [-0.25, -0.2) is 8.42 Å². The highest BCUT2D eigenvalue weighted by molar-refractivity contribution is 7.90. The van der Waals surface area contributed by atoms with Crippen LogP contribution in [0.4, 0.5) is 11.4 Å². The molecule has 1 unspecified atom stereocenters. The maximum Gasteiger partial charge on any atom is 0.251 e. The smallest absolute Gasteiger partial charge is 0.251 e. The van der Waals surface area contributed by atoms with Gasteiger partial charge in [-0.2, -0.15) is 0 Å². The number of rotatable bonds is 5. The molecule has 1 aromatic carbocycles. The highest BCUT2D eigenvalue weighted by Crippen LogP contribution is 2.22. The van der Waals surface area contributed by atoms with Crippen LogP contribution in [0.15, 0.2) is 18.2 Å². The molecule has 7 heteroatoms. The highest BCUT2D eigenvalue weighted by atomic mass is 32.2. The van der Waals surface area contributed by atoms with Crippen molar-refractivity contribution in [3.8, 4) is 0 Å². The molecule has 0 aliphatic rings. The SMILES string of the molecule is CC(CS(C)(=O)=O)NC(=O)c1ccc(N(C)C)c(N)c1. The fourth-order valence-corrected chi connectivity index (χ4v) is 2.90. The van der Waals surface area contributed by atoms with Crippen molar-refractivity contribution < 1.29 is 13.2 Å². The van der Waals surface area contributed by atoms with Crippen LogP contribution in [0.3, 0.4) is 0 Å². The first-order valence-electron chi connectivity index (χ1n) is 6.15. The molecule has 112 valence electrons. The van der Waals surface area contributed by atoms with E-state index in [1.54, 1.807) is 25.1 Å². The molecule has 0 aromatic heterocycles. The molecule has 0 saturated heterocycles. The summed E-state index contributed by atoms with van der Waals surface area (Å²) in [4.78, 5) is 13.8. The van der Waals surface area contributed by atoms with Crippen molar-refractivity contribution >= 4 is 27.1 Å². The van der Waals surface area contributed by atoms with Crippen molar-refractivity contribution in [1.82, 2.24) is 5.32 Å². The second-order valence-corrected chi connectivity index (χ2v) is 7.32. The monoisotopic (exact) mass is 299 g/mol. The van der Waals surface area contributed by atoms with Gasteiger partial charge in [-0.15, -0.1) is 0 Å². The van der Waals surface area contributed by atoms with Crippen LogP contribution in [0.25, 0.3) is 0 Å². The van der Waals surface area contributed by atoms with E-state index in [-0.39, 0.29) is 11.7 Å². The van der Waals surface area contributed by atoms with E-state index in [2.05, 4.69) is 5.32 Å². The van der Waals surface area contributed by atoms with E-state index in [1.165, 1.54) is 0 Å². The quantitative estimate of drug-likeness (QED) is 0.772. The van der Waals surface area contributed by atoms with E-state index in [0.29, 0.717) is 11.3 Å². The summed E-state index contributed by atoms with van der Waals surface area (Å²) in [5.41, 5.74) is 7.61. The van der Waals surface area contributed by atoms with Gasteiger partial charge in [0.1, 0.15) is 9.84 Å². The molecular formula is C13H21N3O3S. The molecule has 1 rings (SSSR count). The van der Waals surface area contributed by atoms with Crippen LogP contribution in [0.5, 0.6) is 0 Å². The molecule has 0 fully saturated rings.